The van der Waals surface area contributed by atoms with Crippen LogP contribution >= 0.6 is 66.4 Å². The Bertz CT molecular complexity index is 637. The molecule has 3 nitrogen and oxygen atoms in total. The molecule has 0 spiro atoms. The maximum Gasteiger partial charge on any atom is 0.337 e. The molecule has 0 heterocycles. The minimum Gasteiger partial charge on any atom is -0.478 e. The van der Waals surface area contributed by atoms with Crippen LogP contribution in [0.5, 0.6) is 0 Å². The quantitative estimate of drug-likeness (QED) is 0.555. The first-order valence-corrected chi connectivity index (χ1v) is 8.59. The standard InChI is InChI=1S/C11H5I3O3/c12-7-3-1-2-5-6(7)4-8(13)10(14-17)9(5)11(15)16/h1-4H,(H,15,16). The number of aromatic carboxylic acids is 1. The summed E-state index contributed by atoms with van der Waals surface area (Å²) in [5.74, 6) is -1.01. The minimum absolute atomic E-state index is 0.188. The van der Waals surface area contributed by atoms with E-state index in [9.17, 15) is 13.0 Å². The van der Waals surface area contributed by atoms with E-state index < -0.39 is 27.2 Å². The Morgan fingerprint density at radius 3 is 2.47 bits per heavy atom. The van der Waals surface area contributed by atoms with Gasteiger partial charge in [-0.1, -0.05) is 12.1 Å². The van der Waals surface area contributed by atoms with Crippen molar-refractivity contribution >= 4 is 83.1 Å². The van der Waals surface area contributed by atoms with E-state index in [1.54, 1.807) is 6.07 Å². The Morgan fingerprint density at radius 2 is 1.88 bits per heavy atom. The van der Waals surface area contributed by atoms with Crippen molar-refractivity contribution < 1.29 is 13.0 Å². The van der Waals surface area contributed by atoms with Gasteiger partial charge < -0.3 is 5.11 Å². The molecule has 0 saturated heterocycles. The van der Waals surface area contributed by atoms with Gasteiger partial charge in [0.05, 0.1) is 9.13 Å². The van der Waals surface area contributed by atoms with Crippen LogP contribution < -0.4 is 0 Å². The van der Waals surface area contributed by atoms with E-state index in [2.05, 4.69) is 22.6 Å². The zero-order valence-electron chi connectivity index (χ0n) is 8.21. The lowest BCUT2D eigenvalue weighted by molar-refractivity contribution is 0.0698. The summed E-state index contributed by atoms with van der Waals surface area (Å²) in [6, 6.07) is 7.41. The van der Waals surface area contributed by atoms with E-state index in [1.165, 1.54) is 0 Å². The van der Waals surface area contributed by atoms with E-state index in [-0.39, 0.29) is 5.56 Å². The fourth-order valence-corrected chi connectivity index (χ4v) is 4.51. The SMILES string of the molecule is O=Ic1c(I)cc2c(I)cccc2c1C(=O)O. The number of halogens is 3. The monoisotopic (exact) mass is 566 g/mol. The first-order chi connectivity index (χ1) is 8.06. The van der Waals surface area contributed by atoms with Crippen LogP contribution in [0, 0.1) is 10.7 Å². The molecule has 0 fully saturated rings. The van der Waals surface area contributed by atoms with Gasteiger partial charge in [-0.3, -0.25) is 3.07 Å². The molecule has 0 atom stereocenters. The van der Waals surface area contributed by atoms with E-state index in [0.29, 0.717) is 8.96 Å². The first kappa shape index (κ1) is 13.6. The number of hydrogen-bond donors (Lipinski definition) is 1. The second-order valence-electron chi connectivity index (χ2n) is 3.26. The van der Waals surface area contributed by atoms with Gasteiger partial charge in [0.15, 0.2) is 21.2 Å². The lowest BCUT2D eigenvalue weighted by Gasteiger charge is -2.08. The third-order valence-electron chi connectivity index (χ3n) is 2.31. The smallest absolute Gasteiger partial charge is 0.337 e. The number of carbonyl (C=O) groups is 1. The second-order valence-corrected chi connectivity index (χ2v) is 7.11. The summed E-state index contributed by atoms with van der Waals surface area (Å²) < 4.78 is 13.5. The van der Waals surface area contributed by atoms with Gasteiger partial charge in [0, 0.05) is 7.14 Å². The third kappa shape index (κ3) is 2.48. The Labute approximate surface area is 135 Å². The van der Waals surface area contributed by atoms with Crippen molar-refractivity contribution in [2.24, 2.45) is 0 Å². The van der Waals surface area contributed by atoms with Crippen LogP contribution in [-0.4, -0.2) is 11.1 Å². The Hall–Kier alpha value is 0.160. The van der Waals surface area contributed by atoms with Crippen LogP contribution in [0.4, 0.5) is 0 Å². The molecule has 0 aromatic heterocycles. The number of rotatable bonds is 2. The van der Waals surface area contributed by atoms with Crippen molar-refractivity contribution in [3.63, 3.8) is 0 Å². The summed E-state index contributed by atoms with van der Waals surface area (Å²) >= 11 is 2.73. The predicted octanol–water partition coefficient (Wildman–Crippen LogP) is 4.23. The molecule has 0 bridgehead atoms. The van der Waals surface area contributed by atoms with Crippen LogP contribution in [-0.2, 0) is 3.07 Å². The fraction of sp³-hybridized carbons (Fsp3) is 0. The van der Waals surface area contributed by atoms with Crippen LogP contribution in [0.25, 0.3) is 10.8 Å². The number of carboxylic acids is 1. The Morgan fingerprint density at radius 1 is 1.18 bits per heavy atom. The molecule has 88 valence electrons. The van der Waals surface area contributed by atoms with Gasteiger partial charge in [-0.05, 0) is 68.1 Å². The highest BCUT2D eigenvalue weighted by Gasteiger charge is 2.18. The molecule has 6 heteroatoms. The number of fused-ring (bicyclic) bond motifs is 1. The molecule has 0 unspecified atom stereocenters. The third-order valence-corrected chi connectivity index (χ3v) is 6.70. The highest BCUT2D eigenvalue weighted by atomic mass is 127. The fourth-order valence-electron chi connectivity index (χ4n) is 1.61. The summed E-state index contributed by atoms with van der Waals surface area (Å²) in [5.41, 5.74) is 0.188. The maximum atomic E-state index is 11.3. The maximum absolute atomic E-state index is 11.3. The summed E-state index contributed by atoms with van der Waals surface area (Å²) in [5, 5.41) is 10.8. The summed E-state index contributed by atoms with van der Waals surface area (Å²) in [6.45, 7) is 0. The molecule has 17 heavy (non-hydrogen) atoms. The lowest BCUT2D eigenvalue weighted by Crippen LogP contribution is -2.03. The average Bonchev–Trinajstić information content (AvgIpc) is 2.28. The van der Waals surface area contributed by atoms with E-state index in [0.717, 1.165) is 12.5 Å². The van der Waals surface area contributed by atoms with Gasteiger partial charge in [0.25, 0.3) is 0 Å². The minimum atomic E-state index is -1.49. The van der Waals surface area contributed by atoms with Crippen molar-refractivity contribution in [3.8, 4) is 0 Å². The first-order valence-electron chi connectivity index (χ1n) is 4.47. The molecule has 0 saturated carbocycles. The molecule has 2 rings (SSSR count). The van der Waals surface area contributed by atoms with Gasteiger partial charge in [0.1, 0.15) is 0 Å². The number of carboxylic acid groups (broad SMARTS) is 1. The summed E-state index contributed by atoms with van der Waals surface area (Å²) in [6.07, 6.45) is 0. The molecule has 0 aliphatic rings. The molecule has 2 aromatic rings. The molecule has 2 aromatic carbocycles. The van der Waals surface area contributed by atoms with Gasteiger partial charge in [-0.2, -0.15) is 0 Å². The topological polar surface area (TPSA) is 54.4 Å². The van der Waals surface area contributed by atoms with Crippen LogP contribution in [0.15, 0.2) is 24.3 Å². The summed E-state index contributed by atoms with van der Waals surface area (Å²) in [4.78, 5) is 11.3. The lowest BCUT2D eigenvalue weighted by atomic mass is 10.1. The van der Waals surface area contributed by atoms with E-state index in [4.69, 9.17) is 0 Å². The van der Waals surface area contributed by atoms with Crippen LogP contribution in [0.1, 0.15) is 10.4 Å². The molecule has 0 amide bonds. The highest BCUT2D eigenvalue weighted by Crippen LogP contribution is 2.32. The zero-order valence-corrected chi connectivity index (χ0v) is 14.7. The van der Waals surface area contributed by atoms with Crippen molar-refractivity contribution in [3.05, 3.63) is 40.5 Å². The summed E-state index contributed by atoms with van der Waals surface area (Å²) in [7, 11) is 0. The zero-order chi connectivity index (χ0) is 12.6. The van der Waals surface area contributed by atoms with Crippen molar-refractivity contribution in [2.45, 2.75) is 0 Å². The van der Waals surface area contributed by atoms with E-state index in [1.807, 2.05) is 40.8 Å². The molecule has 0 aliphatic carbocycles. The second kappa shape index (κ2) is 5.43. The molecular weight excluding hydrogens is 561 g/mol. The molecule has 0 aliphatic heterocycles. The molecule has 0 radical (unpaired) electrons. The van der Waals surface area contributed by atoms with Crippen LogP contribution in [0.2, 0.25) is 0 Å². The van der Waals surface area contributed by atoms with Crippen molar-refractivity contribution in [1.29, 1.82) is 0 Å². The van der Waals surface area contributed by atoms with Gasteiger partial charge in [-0.25, -0.2) is 4.79 Å². The van der Waals surface area contributed by atoms with Crippen LogP contribution in [0.3, 0.4) is 0 Å². The van der Waals surface area contributed by atoms with E-state index >= 15 is 0 Å². The van der Waals surface area contributed by atoms with Gasteiger partial charge in [-0.15, -0.1) is 0 Å². The van der Waals surface area contributed by atoms with Crippen molar-refractivity contribution in [2.75, 3.05) is 0 Å². The molecular formula is C11H5I3O3. The normalized spacial score (nSPS) is 10.7. The molecule has 1 N–H and O–H groups in total. The predicted molar refractivity (Wildman–Crippen MR) is 89.7 cm³/mol. The van der Waals surface area contributed by atoms with Crippen molar-refractivity contribution in [1.82, 2.24) is 0 Å². The number of hydrogen-bond acceptors (Lipinski definition) is 2. The Kier molecular flexibility index (Phi) is 4.34. The van der Waals surface area contributed by atoms with Gasteiger partial charge in [0.2, 0.25) is 0 Å². The highest BCUT2D eigenvalue weighted by molar-refractivity contribution is 14.2. The number of benzene rings is 2. The Balaban J connectivity index is 3.03. The largest absolute Gasteiger partial charge is 0.478 e. The average molecular weight is 566 g/mol. The van der Waals surface area contributed by atoms with Gasteiger partial charge >= 0.3 is 5.97 Å².